The number of halogens is 3. The number of hydrogen-bond acceptors (Lipinski definition) is 3. The number of sulfonamides is 1. The fourth-order valence-electron chi connectivity index (χ4n) is 3.02. The minimum atomic E-state index is -4.78. The Kier molecular flexibility index (Phi) is 4.32. The van der Waals surface area contributed by atoms with E-state index in [-0.39, 0.29) is 18.7 Å². The summed E-state index contributed by atoms with van der Waals surface area (Å²) in [4.78, 5) is -0.701. The molecule has 2 heterocycles. The number of nitrogen functional groups attached to an aromatic ring is 1. The van der Waals surface area contributed by atoms with Crippen LogP contribution in [0, 0.1) is 0 Å². The molecule has 0 bridgehead atoms. The number of anilines is 1. The maximum absolute atomic E-state index is 13.6. The first-order valence-corrected chi connectivity index (χ1v) is 9.19. The predicted molar refractivity (Wildman–Crippen MR) is 88.3 cm³/mol. The predicted octanol–water partition coefficient (Wildman–Crippen LogP) is 3.08. The molecule has 0 saturated carbocycles. The minimum absolute atomic E-state index is 0.246. The Morgan fingerprint density at radius 2 is 1.72 bits per heavy atom. The number of benzene rings is 1. The number of hydrogen-bond donors (Lipinski definition) is 1. The Labute approximate surface area is 143 Å². The summed E-state index contributed by atoms with van der Waals surface area (Å²) in [5.41, 5.74) is 5.30. The second kappa shape index (κ2) is 6.06. The third-order valence-electron chi connectivity index (χ3n) is 4.42. The highest BCUT2D eigenvalue weighted by molar-refractivity contribution is 7.89. The lowest BCUT2D eigenvalue weighted by Gasteiger charge is -2.20. The van der Waals surface area contributed by atoms with E-state index in [1.807, 2.05) is 0 Å². The van der Waals surface area contributed by atoms with Gasteiger partial charge < -0.3 is 10.3 Å². The second-order valence-corrected chi connectivity index (χ2v) is 7.93. The zero-order chi connectivity index (χ0) is 18.4. The molecule has 9 heteroatoms. The molecule has 3 rings (SSSR count). The highest BCUT2D eigenvalue weighted by atomic mass is 32.2. The molecule has 1 aromatic heterocycles. The van der Waals surface area contributed by atoms with Gasteiger partial charge in [0.05, 0.1) is 10.5 Å². The molecule has 0 radical (unpaired) electrons. The van der Waals surface area contributed by atoms with Crippen LogP contribution < -0.4 is 5.73 Å². The van der Waals surface area contributed by atoms with Crippen LogP contribution in [0.5, 0.6) is 0 Å². The standard InChI is InChI=1S/C16H18F3N3O2S/c1-21-13(5-7-15(21)20)11-4-6-14(12(10-11)16(17,18)19)25(23,24)22-8-2-3-9-22/h4-7,10H,2-3,8-9,20H2,1H3. The monoisotopic (exact) mass is 373 g/mol. The largest absolute Gasteiger partial charge is 0.417 e. The second-order valence-electron chi connectivity index (χ2n) is 6.02. The van der Waals surface area contributed by atoms with Crippen LogP contribution in [0.3, 0.4) is 0 Å². The maximum atomic E-state index is 13.6. The maximum Gasteiger partial charge on any atom is 0.417 e. The summed E-state index contributed by atoms with van der Waals surface area (Å²) < 4.78 is 68.6. The van der Waals surface area contributed by atoms with Crippen LogP contribution in [-0.4, -0.2) is 30.4 Å². The van der Waals surface area contributed by atoms with Crippen LogP contribution in [0.4, 0.5) is 19.0 Å². The van der Waals surface area contributed by atoms with Crippen molar-refractivity contribution in [2.24, 2.45) is 7.05 Å². The molecular weight excluding hydrogens is 355 g/mol. The van der Waals surface area contributed by atoms with E-state index < -0.39 is 26.7 Å². The molecule has 1 fully saturated rings. The van der Waals surface area contributed by atoms with Crippen molar-refractivity contribution in [3.05, 3.63) is 35.9 Å². The number of nitrogens with zero attached hydrogens (tertiary/aromatic N) is 2. The molecule has 0 atom stereocenters. The first-order chi connectivity index (χ1) is 11.6. The van der Waals surface area contributed by atoms with Crippen molar-refractivity contribution in [2.45, 2.75) is 23.9 Å². The van der Waals surface area contributed by atoms with Gasteiger partial charge in [-0.3, -0.25) is 0 Å². The molecule has 1 aliphatic rings. The van der Waals surface area contributed by atoms with Gasteiger partial charge in [-0.1, -0.05) is 6.07 Å². The normalized spacial score (nSPS) is 16.5. The van der Waals surface area contributed by atoms with Crippen LogP contribution in [0.2, 0.25) is 0 Å². The number of aromatic nitrogens is 1. The van der Waals surface area contributed by atoms with E-state index in [0.717, 1.165) is 16.4 Å². The number of nitrogens with two attached hydrogens (primary N) is 1. The van der Waals surface area contributed by atoms with E-state index in [9.17, 15) is 21.6 Å². The molecule has 1 saturated heterocycles. The summed E-state index contributed by atoms with van der Waals surface area (Å²) in [5, 5.41) is 0. The molecule has 25 heavy (non-hydrogen) atoms. The molecule has 0 spiro atoms. The molecule has 0 aliphatic carbocycles. The molecule has 2 N–H and O–H groups in total. The van der Waals surface area contributed by atoms with Crippen LogP contribution in [-0.2, 0) is 23.2 Å². The Hall–Kier alpha value is -2.00. The first kappa shape index (κ1) is 17.8. The molecule has 0 amide bonds. The van der Waals surface area contributed by atoms with Gasteiger partial charge in [0.15, 0.2) is 0 Å². The molecule has 1 aliphatic heterocycles. The first-order valence-electron chi connectivity index (χ1n) is 7.75. The summed E-state index contributed by atoms with van der Waals surface area (Å²) in [6.07, 6.45) is -3.47. The van der Waals surface area contributed by atoms with Gasteiger partial charge in [-0.25, -0.2) is 8.42 Å². The summed E-state index contributed by atoms with van der Waals surface area (Å²) >= 11 is 0. The summed E-state index contributed by atoms with van der Waals surface area (Å²) in [6, 6.07) is 6.47. The van der Waals surface area contributed by atoms with E-state index in [2.05, 4.69) is 0 Å². The smallest absolute Gasteiger partial charge is 0.385 e. The minimum Gasteiger partial charge on any atom is -0.385 e. The Balaban J connectivity index is 2.16. The quantitative estimate of drug-likeness (QED) is 0.899. The molecule has 1 aromatic carbocycles. The van der Waals surface area contributed by atoms with Crippen molar-refractivity contribution in [3.63, 3.8) is 0 Å². The zero-order valence-electron chi connectivity index (χ0n) is 13.5. The van der Waals surface area contributed by atoms with E-state index in [0.29, 0.717) is 24.4 Å². The lowest BCUT2D eigenvalue weighted by atomic mass is 10.1. The molecule has 2 aromatic rings. The highest BCUT2D eigenvalue weighted by Crippen LogP contribution is 2.38. The van der Waals surface area contributed by atoms with Gasteiger partial charge in [-0.2, -0.15) is 17.5 Å². The summed E-state index contributed by atoms with van der Waals surface area (Å²) in [5.74, 6) is 0.400. The fourth-order valence-corrected chi connectivity index (χ4v) is 4.73. The van der Waals surface area contributed by atoms with Gasteiger partial charge in [0.1, 0.15) is 5.82 Å². The Morgan fingerprint density at radius 3 is 2.24 bits per heavy atom. The average molecular weight is 373 g/mol. The van der Waals surface area contributed by atoms with Crippen molar-refractivity contribution >= 4 is 15.8 Å². The SMILES string of the molecule is Cn1c(N)ccc1-c1ccc(S(=O)(=O)N2CCCC2)c(C(F)(F)F)c1. The van der Waals surface area contributed by atoms with Gasteiger partial charge in [-0.15, -0.1) is 0 Å². The third-order valence-corrected chi connectivity index (χ3v) is 6.38. The van der Waals surface area contributed by atoms with Crippen LogP contribution in [0.15, 0.2) is 35.2 Å². The Morgan fingerprint density at radius 1 is 1.08 bits per heavy atom. The van der Waals surface area contributed by atoms with E-state index >= 15 is 0 Å². The van der Waals surface area contributed by atoms with Crippen molar-refractivity contribution in [1.82, 2.24) is 8.87 Å². The van der Waals surface area contributed by atoms with Gasteiger partial charge >= 0.3 is 6.18 Å². The zero-order valence-corrected chi connectivity index (χ0v) is 14.4. The van der Waals surface area contributed by atoms with Crippen LogP contribution >= 0.6 is 0 Å². The van der Waals surface area contributed by atoms with Crippen molar-refractivity contribution < 1.29 is 21.6 Å². The van der Waals surface area contributed by atoms with Gasteiger partial charge in [-0.05, 0) is 42.7 Å². The Bertz CT molecular complexity index is 898. The molecular formula is C16H18F3N3O2S. The van der Waals surface area contributed by atoms with Crippen molar-refractivity contribution in [2.75, 3.05) is 18.8 Å². The van der Waals surface area contributed by atoms with E-state index in [4.69, 9.17) is 5.73 Å². The summed E-state index contributed by atoms with van der Waals surface area (Å²) in [6.45, 7) is 0.492. The van der Waals surface area contributed by atoms with E-state index in [1.165, 1.54) is 6.07 Å². The van der Waals surface area contributed by atoms with Crippen LogP contribution in [0.1, 0.15) is 18.4 Å². The number of alkyl halides is 3. The van der Waals surface area contributed by atoms with Gasteiger partial charge in [0.25, 0.3) is 0 Å². The highest BCUT2D eigenvalue weighted by Gasteiger charge is 2.40. The molecule has 0 unspecified atom stereocenters. The van der Waals surface area contributed by atoms with Crippen molar-refractivity contribution in [3.8, 4) is 11.3 Å². The van der Waals surface area contributed by atoms with E-state index in [1.54, 1.807) is 23.7 Å². The van der Waals surface area contributed by atoms with Crippen LogP contribution in [0.25, 0.3) is 11.3 Å². The fraction of sp³-hybridized carbons (Fsp3) is 0.375. The lowest BCUT2D eigenvalue weighted by molar-refractivity contribution is -0.139. The summed E-state index contributed by atoms with van der Waals surface area (Å²) in [7, 11) is -2.54. The molecule has 136 valence electrons. The lowest BCUT2D eigenvalue weighted by Crippen LogP contribution is -2.29. The third kappa shape index (κ3) is 3.13. The van der Waals surface area contributed by atoms with Crippen molar-refractivity contribution in [1.29, 1.82) is 0 Å². The van der Waals surface area contributed by atoms with Gasteiger partial charge in [0, 0.05) is 25.8 Å². The van der Waals surface area contributed by atoms with Gasteiger partial charge in [0.2, 0.25) is 10.0 Å². The average Bonchev–Trinajstić information content (AvgIpc) is 3.18. The molecule has 5 nitrogen and oxygen atoms in total. The topological polar surface area (TPSA) is 68.3 Å². The number of rotatable bonds is 3.